The number of nitrogens with zero attached hydrogens (tertiary/aromatic N) is 3. The molecule has 0 amide bonds. The number of hydrogen-bond acceptors (Lipinski definition) is 6. The van der Waals surface area contributed by atoms with Crippen molar-refractivity contribution >= 4 is 5.97 Å². The Labute approximate surface area is 98.9 Å². The van der Waals surface area contributed by atoms with Crippen molar-refractivity contribution in [3.63, 3.8) is 0 Å². The van der Waals surface area contributed by atoms with Crippen molar-refractivity contribution in [3.8, 4) is 0 Å². The van der Waals surface area contributed by atoms with Gasteiger partial charge < -0.3 is 15.2 Å². The average Bonchev–Trinajstić information content (AvgIpc) is 2.97. The molecule has 7 nitrogen and oxygen atoms in total. The van der Waals surface area contributed by atoms with Crippen molar-refractivity contribution < 1.29 is 14.3 Å². The highest BCUT2D eigenvalue weighted by Crippen LogP contribution is 2.12. The van der Waals surface area contributed by atoms with E-state index < -0.39 is 5.97 Å². The standard InChI is InChI=1S/C10H16N4O3/c11-2-3-14-5-9(12-13-14)10(15)17-7-8-1-4-16-6-8/h5,8H,1-4,6-7,11H2. The van der Waals surface area contributed by atoms with Crippen LogP contribution in [-0.4, -0.2) is 47.3 Å². The van der Waals surface area contributed by atoms with Crippen LogP contribution >= 0.6 is 0 Å². The number of hydrogen-bond donors (Lipinski definition) is 1. The van der Waals surface area contributed by atoms with E-state index in [1.54, 1.807) is 6.20 Å². The van der Waals surface area contributed by atoms with Gasteiger partial charge in [0.15, 0.2) is 5.69 Å². The Morgan fingerprint density at radius 1 is 1.71 bits per heavy atom. The summed E-state index contributed by atoms with van der Waals surface area (Å²) >= 11 is 0. The summed E-state index contributed by atoms with van der Waals surface area (Å²) in [5.41, 5.74) is 5.59. The first-order valence-electron chi connectivity index (χ1n) is 5.64. The maximum atomic E-state index is 11.6. The largest absolute Gasteiger partial charge is 0.460 e. The van der Waals surface area contributed by atoms with Gasteiger partial charge >= 0.3 is 5.97 Å². The fourth-order valence-corrected chi connectivity index (χ4v) is 1.62. The zero-order valence-electron chi connectivity index (χ0n) is 9.54. The van der Waals surface area contributed by atoms with E-state index in [2.05, 4.69) is 10.3 Å². The third-order valence-corrected chi connectivity index (χ3v) is 2.58. The lowest BCUT2D eigenvalue weighted by Crippen LogP contribution is -2.14. The highest BCUT2D eigenvalue weighted by Gasteiger charge is 2.19. The van der Waals surface area contributed by atoms with Crippen molar-refractivity contribution in [2.45, 2.75) is 13.0 Å². The Morgan fingerprint density at radius 3 is 3.29 bits per heavy atom. The molecule has 2 rings (SSSR count). The summed E-state index contributed by atoms with van der Waals surface area (Å²) in [6.07, 6.45) is 2.48. The number of rotatable bonds is 5. The molecule has 1 aliphatic heterocycles. The summed E-state index contributed by atoms with van der Waals surface area (Å²) in [6.45, 7) is 2.78. The second-order valence-corrected chi connectivity index (χ2v) is 3.98. The number of carbonyl (C=O) groups excluding carboxylic acids is 1. The number of ether oxygens (including phenoxy) is 2. The van der Waals surface area contributed by atoms with Crippen molar-refractivity contribution in [2.24, 2.45) is 11.7 Å². The van der Waals surface area contributed by atoms with Gasteiger partial charge in [0.1, 0.15) is 0 Å². The van der Waals surface area contributed by atoms with Crippen LogP contribution in [0.4, 0.5) is 0 Å². The summed E-state index contributed by atoms with van der Waals surface area (Å²) in [4.78, 5) is 11.6. The zero-order chi connectivity index (χ0) is 12.1. The molecule has 0 radical (unpaired) electrons. The monoisotopic (exact) mass is 240 g/mol. The van der Waals surface area contributed by atoms with Gasteiger partial charge in [-0.3, -0.25) is 4.68 Å². The number of carbonyl (C=O) groups is 1. The van der Waals surface area contributed by atoms with Gasteiger partial charge in [-0.05, 0) is 6.42 Å². The van der Waals surface area contributed by atoms with E-state index in [4.69, 9.17) is 15.2 Å². The summed E-state index contributed by atoms with van der Waals surface area (Å²) in [6, 6.07) is 0. The maximum Gasteiger partial charge on any atom is 0.360 e. The number of nitrogens with two attached hydrogens (primary N) is 1. The van der Waals surface area contributed by atoms with E-state index in [0.29, 0.717) is 32.2 Å². The Morgan fingerprint density at radius 2 is 2.59 bits per heavy atom. The average molecular weight is 240 g/mol. The smallest absolute Gasteiger partial charge is 0.360 e. The lowest BCUT2D eigenvalue weighted by molar-refractivity contribution is 0.0421. The van der Waals surface area contributed by atoms with Gasteiger partial charge in [0.05, 0.1) is 26.0 Å². The van der Waals surface area contributed by atoms with Crippen LogP contribution < -0.4 is 5.73 Å². The molecule has 1 aromatic rings. The van der Waals surface area contributed by atoms with Gasteiger partial charge in [0.2, 0.25) is 0 Å². The van der Waals surface area contributed by atoms with Gasteiger partial charge in [0, 0.05) is 19.1 Å². The Hall–Kier alpha value is -1.47. The minimum absolute atomic E-state index is 0.220. The molecule has 0 aromatic carbocycles. The molecule has 2 N–H and O–H groups in total. The van der Waals surface area contributed by atoms with Crippen molar-refractivity contribution in [2.75, 3.05) is 26.4 Å². The molecule has 1 atom stereocenters. The second kappa shape index (κ2) is 5.74. The van der Waals surface area contributed by atoms with Crippen LogP contribution in [-0.2, 0) is 16.0 Å². The molecule has 0 bridgehead atoms. The van der Waals surface area contributed by atoms with Gasteiger partial charge in [0.25, 0.3) is 0 Å². The molecule has 0 spiro atoms. The first kappa shape index (κ1) is 12.0. The predicted octanol–water partition coefficient (Wildman–Crippen LogP) is -0.570. The molecule has 1 aliphatic rings. The third-order valence-electron chi connectivity index (χ3n) is 2.58. The molecule has 2 heterocycles. The third kappa shape index (κ3) is 3.24. The molecule has 17 heavy (non-hydrogen) atoms. The first-order chi connectivity index (χ1) is 8.29. The number of aromatic nitrogens is 3. The summed E-state index contributed by atoms with van der Waals surface area (Å²) in [5.74, 6) is -0.141. The van der Waals surface area contributed by atoms with E-state index in [0.717, 1.165) is 13.0 Å². The minimum atomic E-state index is -0.444. The van der Waals surface area contributed by atoms with Crippen molar-refractivity contribution in [1.29, 1.82) is 0 Å². The van der Waals surface area contributed by atoms with Crippen molar-refractivity contribution in [1.82, 2.24) is 15.0 Å². The molecular weight excluding hydrogens is 224 g/mol. The van der Waals surface area contributed by atoms with E-state index in [-0.39, 0.29) is 5.69 Å². The fourth-order valence-electron chi connectivity index (χ4n) is 1.62. The van der Waals surface area contributed by atoms with Gasteiger partial charge in [-0.15, -0.1) is 5.10 Å². The van der Waals surface area contributed by atoms with Crippen molar-refractivity contribution in [3.05, 3.63) is 11.9 Å². The summed E-state index contributed by atoms with van der Waals surface area (Å²) < 4.78 is 11.9. The summed E-state index contributed by atoms with van der Waals surface area (Å²) in [5, 5.41) is 7.50. The van der Waals surface area contributed by atoms with Crippen LogP contribution in [0.3, 0.4) is 0 Å². The zero-order valence-corrected chi connectivity index (χ0v) is 9.54. The van der Waals surface area contributed by atoms with Gasteiger partial charge in [-0.1, -0.05) is 5.21 Å². The van der Waals surface area contributed by atoms with E-state index in [9.17, 15) is 4.79 Å². The highest BCUT2D eigenvalue weighted by molar-refractivity contribution is 5.86. The molecule has 94 valence electrons. The van der Waals surface area contributed by atoms with E-state index in [1.807, 2.05) is 0 Å². The van der Waals surface area contributed by atoms with Crippen LogP contribution in [0.5, 0.6) is 0 Å². The lowest BCUT2D eigenvalue weighted by atomic mass is 10.1. The molecule has 1 aromatic heterocycles. The Kier molecular flexibility index (Phi) is 4.05. The Bertz CT molecular complexity index is 373. The molecular formula is C10H16N4O3. The van der Waals surface area contributed by atoms with Crippen LogP contribution in [0, 0.1) is 5.92 Å². The normalized spacial score (nSPS) is 19.5. The molecule has 1 unspecified atom stereocenters. The van der Waals surface area contributed by atoms with Crippen LogP contribution in [0.2, 0.25) is 0 Å². The van der Waals surface area contributed by atoms with E-state index >= 15 is 0 Å². The van der Waals surface area contributed by atoms with Crippen LogP contribution in [0.1, 0.15) is 16.9 Å². The van der Waals surface area contributed by atoms with Gasteiger partial charge in [-0.2, -0.15) is 0 Å². The van der Waals surface area contributed by atoms with Gasteiger partial charge in [-0.25, -0.2) is 4.79 Å². The topological polar surface area (TPSA) is 92.3 Å². The lowest BCUT2D eigenvalue weighted by Gasteiger charge is -2.06. The number of esters is 1. The minimum Gasteiger partial charge on any atom is -0.460 e. The fraction of sp³-hybridized carbons (Fsp3) is 0.700. The quantitative estimate of drug-likeness (QED) is 0.693. The van der Waals surface area contributed by atoms with E-state index in [1.165, 1.54) is 4.68 Å². The molecule has 1 fully saturated rings. The van der Waals surface area contributed by atoms with Crippen LogP contribution in [0.15, 0.2) is 6.20 Å². The SMILES string of the molecule is NCCn1cc(C(=O)OCC2CCOC2)nn1. The predicted molar refractivity (Wildman–Crippen MR) is 58.3 cm³/mol. The first-order valence-corrected chi connectivity index (χ1v) is 5.64. The maximum absolute atomic E-state index is 11.6. The summed E-state index contributed by atoms with van der Waals surface area (Å²) in [7, 11) is 0. The molecule has 1 saturated heterocycles. The highest BCUT2D eigenvalue weighted by atomic mass is 16.5. The Balaban J connectivity index is 1.81. The second-order valence-electron chi connectivity index (χ2n) is 3.98. The molecule has 0 aliphatic carbocycles. The molecule has 7 heteroatoms. The van der Waals surface area contributed by atoms with Crippen LogP contribution in [0.25, 0.3) is 0 Å². The molecule has 0 saturated carbocycles.